The van der Waals surface area contributed by atoms with E-state index >= 15 is 0 Å². The Balaban J connectivity index is 2.05. The standard InChI is InChI=1S/C12H16O5/c1-12(2)4-5(13)6-8(15-3)7(14)10-11(16-10)9(6)17-12/h7-8,10-11,14H,4H2,1-3H3. The van der Waals surface area contributed by atoms with Crippen LogP contribution in [0.25, 0.3) is 0 Å². The van der Waals surface area contributed by atoms with Gasteiger partial charge in [0.2, 0.25) is 0 Å². The summed E-state index contributed by atoms with van der Waals surface area (Å²) in [6, 6.07) is 0. The van der Waals surface area contributed by atoms with Crippen molar-refractivity contribution in [1.29, 1.82) is 0 Å². The van der Waals surface area contributed by atoms with Gasteiger partial charge in [-0.2, -0.15) is 0 Å². The molecule has 17 heavy (non-hydrogen) atoms. The van der Waals surface area contributed by atoms with Crippen molar-refractivity contribution in [2.45, 2.75) is 50.3 Å². The molecular weight excluding hydrogens is 224 g/mol. The molecule has 0 radical (unpaired) electrons. The molecule has 4 unspecified atom stereocenters. The largest absolute Gasteiger partial charge is 0.488 e. The Bertz CT molecular complexity index is 411. The number of Topliss-reactive ketones (excluding diaryl/α,β-unsaturated/α-hetero) is 1. The molecule has 1 fully saturated rings. The minimum absolute atomic E-state index is 0.0175. The summed E-state index contributed by atoms with van der Waals surface area (Å²) in [4.78, 5) is 12.1. The van der Waals surface area contributed by atoms with Crippen LogP contribution in [0.5, 0.6) is 0 Å². The lowest BCUT2D eigenvalue weighted by atomic mass is 9.83. The molecule has 0 saturated carbocycles. The van der Waals surface area contributed by atoms with Gasteiger partial charge in [-0.3, -0.25) is 4.79 Å². The summed E-state index contributed by atoms with van der Waals surface area (Å²) in [7, 11) is 1.48. The molecular formula is C12H16O5. The zero-order valence-electron chi connectivity index (χ0n) is 10.1. The molecule has 0 aromatic rings. The highest BCUT2D eigenvalue weighted by atomic mass is 16.6. The van der Waals surface area contributed by atoms with Crippen molar-refractivity contribution in [3.63, 3.8) is 0 Å². The molecule has 0 amide bonds. The molecule has 0 aromatic carbocycles. The van der Waals surface area contributed by atoms with Gasteiger partial charge < -0.3 is 19.3 Å². The van der Waals surface area contributed by atoms with Gasteiger partial charge in [-0.05, 0) is 13.8 Å². The summed E-state index contributed by atoms with van der Waals surface area (Å²) >= 11 is 0. The maximum atomic E-state index is 12.1. The smallest absolute Gasteiger partial charge is 0.169 e. The van der Waals surface area contributed by atoms with Crippen LogP contribution in [0.1, 0.15) is 20.3 Å². The number of aliphatic hydroxyl groups is 1. The number of aliphatic hydroxyl groups excluding tert-OH is 1. The van der Waals surface area contributed by atoms with Gasteiger partial charge in [0.05, 0.1) is 12.0 Å². The zero-order chi connectivity index (χ0) is 12.4. The van der Waals surface area contributed by atoms with Gasteiger partial charge in [0, 0.05) is 7.11 Å². The van der Waals surface area contributed by atoms with Gasteiger partial charge in [0.1, 0.15) is 35.8 Å². The number of carbonyl (C=O) groups excluding carboxylic acids is 1. The lowest BCUT2D eigenvalue weighted by Gasteiger charge is -2.37. The van der Waals surface area contributed by atoms with Crippen LogP contribution in [0.3, 0.4) is 0 Å². The second-order valence-electron chi connectivity index (χ2n) is 5.41. The molecule has 0 spiro atoms. The molecule has 1 saturated heterocycles. The fraction of sp³-hybridized carbons (Fsp3) is 0.750. The molecule has 5 heteroatoms. The minimum atomic E-state index is -0.780. The molecule has 1 aliphatic carbocycles. The number of carbonyl (C=O) groups is 1. The highest BCUT2D eigenvalue weighted by molar-refractivity contribution is 5.99. The number of fused-ring (bicyclic) bond motifs is 2. The Morgan fingerprint density at radius 3 is 2.82 bits per heavy atom. The second-order valence-corrected chi connectivity index (χ2v) is 5.41. The second kappa shape index (κ2) is 3.31. The number of ether oxygens (including phenoxy) is 3. The molecule has 1 N–H and O–H groups in total. The predicted octanol–water partition coefficient (Wildman–Crippen LogP) is 0.165. The van der Waals surface area contributed by atoms with Crippen LogP contribution in [0.4, 0.5) is 0 Å². The highest BCUT2D eigenvalue weighted by Gasteiger charge is 2.60. The zero-order valence-corrected chi connectivity index (χ0v) is 10.1. The first kappa shape index (κ1) is 11.2. The van der Waals surface area contributed by atoms with E-state index in [1.165, 1.54) is 7.11 Å². The van der Waals surface area contributed by atoms with E-state index in [9.17, 15) is 9.90 Å². The van der Waals surface area contributed by atoms with Crippen molar-refractivity contribution in [2.75, 3.05) is 7.11 Å². The van der Waals surface area contributed by atoms with Gasteiger partial charge in [-0.1, -0.05) is 0 Å². The molecule has 5 nitrogen and oxygen atoms in total. The third-order valence-corrected chi connectivity index (χ3v) is 3.51. The molecule has 2 aliphatic heterocycles. The first-order chi connectivity index (χ1) is 7.94. The molecule has 0 aromatic heterocycles. The van der Waals surface area contributed by atoms with Gasteiger partial charge >= 0.3 is 0 Å². The predicted molar refractivity (Wildman–Crippen MR) is 57.3 cm³/mol. The normalized spacial score (nSPS) is 42.7. The van der Waals surface area contributed by atoms with Gasteiger partial charge in [-0.15, -0.1) is 0 Å². The van der Waals surface area contributed by atoms with Crippen molar-refractivity contribution in [2.24, 2.45) is 0 Å². The van der Waals surface area contributed by atoms with Crippen LogP contribution >= 0.6 is 0 Å². The Labute approximate surface area is 99.3 Å². The molecule has 4 atom stereocenters. The molecule has 3 rings (SSSR count). The minimum Gasteiger partial charge on any atom is -0.488 e. The maximum absolute atomic E-state index is 12.1. The van der Waals surface area contributed by atoms with Crippen molar-refractivity contribution in [1.82, 2.24) is 0 Å². The van der Waals surface area contributed by atoms with Crippen molar-refractivity contribution in [3.8, 4) is 0 Å². The Hall–Kier alpha value is -0.910. The highest BCUT2D eigenvalue weighted by Crippen LogP contribution is 2.47. The summed E-state index contributed by atoms with van der Waals surface area (Å²) in [5.41, 5.74) is -0.0504. The fourth-order valence-electron chi connectivity index (χ4n) is 2.71. The molecule has 94 valence electrons. The van der Waals surface area contributed by atoms with E-state index < -0.39 is 17.8 Å². The fourth-order valence-corrected chi connectivity index (χ4v) is 2.71. The molecule has 3 aliphatic rings. The Morgan fingerprint density at radius 2 is 2.18 bits per heavy atom. The number of methoxy groups -OCH3 is 1. The Morgan fingerprint density at radius 1 is 1.47 bits per heavy atom. The van der Waals surface area contributed by atoms with Crippen LogP contribution in [-0.2, 0) is 19.0 Å². The Kier molecular flexibility index (Phi) is 2.18. The summed E-state index contributed by atoms with van der Waals surface area (Å²) in [6.07, 6.45) is -1.67. The van der Waals surface area contributed by atoms with Crippen LogP contribution in [0.2, 0.25) is 0 Å². The van der Waals surface area contributed by atoms with Crippen LogP contribution in [0.15, 0.2) is 11.3 Å². The van der Waals surface area contributed by atoms with Crippen LogP contribution < -0.4 is 0 Å². The van der Waals surface area contributed by atoms with Crippen molar-refractivity contribution in [3.05, 3.63) is 11.3 Å². The van der Waals surface area contributed by atoms with E-state index in [4.69, 9.17) is 14.2 Å². The van der Waals surface area contributed by atoms with Gasteiger partial charge in [-0.25, -0.2) is 0 Å². The van der Waals surface area contributed by atoms with E-state index in [1.807, 2.05) is 13.8 Å². The van der Waals surface area contributed by atoms with Gasteiger partial charge in [0.15, 0.2) is 5.78 Å². The van der Waals surface area contributed by atoms with Crippen LogP contribution in [-0.4, -0.2) is 48.0 Å². The first-order valence-corrected chi connectivity index (χ1v) is 5.77. The summed E-state index contributed by atoms with van der Waals surface area (Å²) in [5.74, 6) is 0.546. The van der Waals surface area contributed by atoms with E-state index in [0.29, 0.717) is 17.8 Å². The third-order valence-electron chi connectivity index (χ3n) is 3.51. The van der Waals surface area contributed by atoms with E-state index in [1.54, 1.807) is 0 Å². The van der Waals surface area contributed by atoms with E-state index in [0.717, 1.165) is 0 Å². The lowest BCUT2D eigenvalue weighted by Crippen LogP contribution is -2.47. The number of hydrogen-bond acceptors (Lipinski definition) is 5. The number of epoxide rings is 1. The van der Waals surface area contributed by atoms with Crippen molar-refractivity contribution < 1.29 is 24.1 Å². The number of ketones is 1. The number of rotatable bonds is 1. The van der Waals surface area contributed by atoms with E-state index in [2.05, 4.69) is 0 Å². The maximum Gasteiger partial charge on any atom is 0.169 e. The summed E-state index contributed by atoms with van der Waals surface area (Å²) < 4.78 is 16.4. The van der Waals surface area contributed by atoms with E-state index in [-0.39, 0.29) is 18.0 Å². The first-order valence-electron chi connectivity index (χ1n) is 5.77. The summed E-state index contributed by atoms with van der Waals surface area (Å²) in [5, 5.41) is 9.97. The van der Waals surface area contributed by atoms with Gasteiger partial charge in [0.25, 0.3) is 0 Å². The quantitative estimate of drug-likeness (QED) is 0.661. The topological polar surface area (TPSA) is 68.3 Å². The lowest BCUT2D eigenvalue weighted by molar-refractivity contribution is -0.127. The average molecular weight is 240 g/mol. The monoisotopic (exact) mass is 240 g/mol. The third kappa shape index (κ3) is 1.53. The molecule has 0 bridgehead atoms. The average Bonchev–Trinajstić information content (AvgIpc) is 2.99. The summed E-state index contributed by atoms with van der Waals surface area (Å²) in [6.45, 7) is 3.75. The van der Waals surface area contributed by atoms with Crippen LogP contribution in [0, 0.1) is 0 Å². The molecule has 2 heterocycles. The number of hydrogen-bond donors (Lipinski definition) is 1. The van der Waals surface area contributed by atoms with Crippen molar-refractivity contribution >= 4 is 5.78 Å². The SMILES string of the molecule is COC1C2=C(OC(C)(C)CC2=O)C2OC2C1O.